The number of nitrogens with one attached hydrogen (secondary N) is 1. The van der Waals surface area contributed by atoms with E-state index in [9.17, 15) is 4.79 Å². The maximum absolute atomic E-state index is 12.6. The van der Waals surface area contributed by atoms with Gasteiger partial charge in [0.2, 0.25) is 0 Å². The molecule has 1 N–H and O–H groups in total. The van der Waals surface area contributed by atoms with Crippen LogP contribution in [0.25, 0.3) is 0 Å². The van der Waals surface area contributed by atoms with Crippen LogP contribution in [0.4, 0.5) is 0 Å². The zero-order valence-corrected chi connectivity index (χ0v) is 17.1. The molecule has 1 heterocycles. The lowest BCUT2D eigenvalue weighted by Gasteiger charge is -2.14. The summed E-state index contributed by atoms with van der Waals surface area (Å²) in [7, 11) is 1.88. The zero-order chi connectivity index (χ0) is 20.3. The predicted octanol–water partition coefficient (Wildman–Crippen LogP) is 4.42. The topological polar surface area (TPSA) is 56.1 Å². The molecule has 3 aromatic rings. The zero-order valence-electron chi connectivity index (χ0n) is 17.1. The number of carbonyl (C=O) groups excluding carboxylic acids is 1. The quantitative estimate of drug-likeness (QED) is 0.692. The summed E-state index contributed by atoms with van der Waals surface area (Å²) in [6.07, 6.45) is 1.94. The molecule has 0 bridgehead atoms. The molecule has 5 nitrogen and oxygen atoms in total. The van der Waals surface area contributed by atoms with E-state index in [-0.39, 0.29) is 11.9 Å². The van der Waals surface area contributed by atoms with Crippen LogP contribution in [0, 0.1) is 20.8 Å². The second-order valence-electron chi connectivity index (χ2n) is 7.25. The van der Waals surface area contributed by atoms with E-state index in [1.807, 2.05) is 83.4 Å². The van der Waals surface area contributed by atoms with Gasteiger partial charge in [0.25, 0.3) is 5.91 Å². The van der Waals surface area contributed by atoms with Crippen LogP contribution in [0.3, 0.4) is 0 Å². The smallest absolute Gasteiger partial charge is 0.251 e. The highest BCUT2D eigenvalue weighted by Gasteiger charge is 2.15. The van der Waals surface area contributed by atoms with Crippen molar-refractivity contribution in [3.8, 4) is 5.75 Å². The number of nitrogens with zero attached hydrogens (tertiary/aromatic N) is 2. The molecular formula is C23H27N3O2. The molecule has 0 spiro atoms. The molecule has 2 aromatic carbocycles. The van der Waals surface area contributed by atoms with Gasteiger partial charge in [-0.1, -0.05) is 30.3 Å². The van der Waals surface area contributed by atoms with Crippen molar-refractivity contribution in [3.63, 3.8) is 0 Å². The summed E-state index contributed by atoms with van der Waals surface area (Å²) in [6.45, 7) is 8.47. The van der Waals surface area contributed by atoms with Crippen LogP contribution in [0.15, 0.2) is 48.7 Å². The average molecular weight is 377 g/mol. The number of carbonyl (C=O) groups is 1. The minimum Gasteiger partial charge on any atom is -0.488 e. The first-order valence-electron chi connectivity index (χ1n) is 9.44. The largest absolute Gasteiger partial charge is 0.488 e. The van der Waals surface area contributed by atoms with Gasteiger partial charge in [-0.3, -0.25) is 9.48 Å². The van der Waals surface area contributed by atoms with Crippen LogP contribution in [-0.2, 0) is 13.7 Å². The van der Waals surface area contributed by atoms with Gasteiger partial charge >= 0.3 is 0 Å². The number of aryl methyl sites for hydroxylation is 4. The monoisotopic (exact) mass is 377 g/mol. The van der Waals surface area contributed by atoms with E-state index >= 15 is 0 Å². The number of aromatic nitrogens is 2. The van der Waals surface area contributed by atoms with Gasteiger partial charge in [-0.25, -0.2) is 0 Å². The number of hydrogen-bond donors (Lipinski definition) is 1. The first-order valence-corrected chi connectivity index (χ1v) is 9.44. The van der Waals surface area contributed by atoms with Crippen molar-refractivity contribution in [1.82, 2.24) is 15.1 Å². The number of amides is 1. The van der Waals surface area contributed by atoms with Crippen LogP contribution in [0.2, 0.25) is 0 Å². The Morgan fingerprint density at radius 2 is 1.75 bits per heavy atom. The van der Waals surface area contributed by atoms with E-state index in [1.54, 1.807) is 4.68 Å². The molecule has 1 aromatic heterocycles. The normalized spacial score (nSPS) is 11.9. The summed E-state index contributed by atoms with van der Waals surface area (Å²) < 4.78 is 7.74. The molecule has 1 atom stereocenters. The number of ether oxygens (including phenoxy) is 1. The van der Waals surface area contributed by atoms with Gasteiger partial charge in [-0.05, 0) is 56.5 Å². The molecule has 28 heavy (non-hydrogen) atoms. The minimum absolute atomic E-state index is 0.0991. The number of hydrogen-bond acceptors (Lipinski definition) is 3. The van der Waals surface area contributed by atoms with E-state index in [0.29, 0.717) is 12.2 Å². The third kappa shape index (κ3) is 4.42. The highest BCUT2D eigenvalue weighted by Crippen LogP contribution is 2.23. The Bertz CT molecular complexity index is 954. The fourth-order valence-electron chi connectivity index (χ4n) is 3.34. The molecular weight excluding hydrogens is 350 g/mol. The Kier molecular flexibility index (Phi) is 5.83. The first kappa shape index (κ1) is 19.7. The average Bonchev–Trinajstić information content (AvgIpc) is 3.00. The Hall–Kier alpha value is -3.08. The predicted molar refractivity (Wildman–Crippen MR) is 111 cm³/mol. The number of para-hydroxylation sites is 1. The minimum atomic E-state index is -0.103. The molecule has 5 heteroatoms. The fourth-order valence-corrected chi connectivity index (χ4v) is 3.34. The van der Waals surface area contributed by atoms with Crippen LogP contribution in [0.5, 0.6) is 5.75 Å². The molecule has 0 fully saturated rings. The molecule has 0 aliphatic heterocycles. The van der Waals surface area contributed by atoms with Crippen molar-refractivity contribution >= 4 is 5.91 Å². The summed E-state index contributed by atoms with van der Waals surface area (Å²) in [5.41, 5.74) is 5.84. The molecule has 0 aliphatic carbocycles. The molecule has 1 unspecified atom stereocenters. The van der Waals surface area contributed by atoms with E-state index in [0.717, 1.165) is 33.7 Å². The van der Waals surface area contributed by atoms with E-state index in [1.165, 1.54) is 0 Å². The van der Waals surface area contributed by atoms with Crippen LogP contribution in [-0.4, -0.2) is 15.7 Å². The first-order chi connectivity index (χ1) is 13.3. The Morgan fingerprint density at radius 3 is 2.32 bits per heavy atom. The Labute approximate surface area is 166 Å². The van der Waals surface area contributed by atoms with Crippen molar-refractivity contribution in [3.05, 3.63) is 82.2 Å². The molecule has 0 saturated carbocycles. The van der Waals surface area contributed by atoms with Gasteiger partial charge in [0.05, 0.1) is 11.7 Å². The van der Waals surface area contributed by atoms with Crippen molar-refractivity contribution in [2.24, 2.45) is 7.05 Å². The molecule has 0 saturated heterocycles. The standard InChI is InChI=1S/C23H27N3O2/c1-15-7-6-8-16(2)22(15)28-14-19-9-11-20(12-10-19)23(27)24-17(3)21-13-26(5)25-18(21)4/h6-13,17H,14H2,1-5H3,(H,24,27). The highest BCUT2D eigenvalue weighted by atomic mass is 16.5. The van der Waals surface area contributed by atoms with Crippen molar-refractivity contribution in [2.45, 2.75) is 40.3 Å². The lowest BCUT2D eigenvalue weighted by Crippen LogP contribution is -2.26. The second kappa shape index (κ2) is 8.30. The molecule has 3 rings (SSSR count). The summed E-state index contributed by atoms with van der Waals surface area (Å²) >= 11 is 0. The summed E-state index contributed by atoms with van der Waals surface area (Å²) in [5.74, 6) is 0.822. The molecule has 146 valence electrons. The Balaban J connectivity index is 1.62. The third-order valence-electron chi connectivity index (χ3n) is 4.87. The van der Waals surface area contributed by atoms with Gasteiger partial charge in [0.15, 0.2) is 0 Å². The van der Waals surface area contributed by atoms with Crippen LogP contribution in [0.1, 0.15) is 51.3 Å². The lowest BCUT2D eigenvalue weighted by molar-refractivity contribution is 0.0939. The van der Waals surface area contributed by atoms with E-state index in [4.69, 9.17) is 4.74 Å². The molecule has 0 aliphatic rings. The lowest BCUT2D eigenvalue weighted by atomic mass is 10.1. The van der Waals surface area contributed by atoms with E-state index < -0.39 is 0 Å². The second-order valence-corrected chi connectivity index (χ2v) is 7.25. The van der Waals surface area contributed by atoms with Crippen molar-refractivity contribution in [2.75, 3.05) is 0 Å². The maximum atomic E-state index is 12.6. The van der Waals surface area contributed by atoms with Crippen LogP contribution < -0.4 is 10.1 Å². The number of benzene rings is 2. The molecule has 1 amide bonds. The SMILES string of the molecule is Cc1cccc(C)c1OCc1ccc(C(=O)NC(C)c2cn(C)nc2C)cc1. The van der Waals surface area contributed by atoms with Gasteiger partial charge in [-0.15, -0.1) is 0 Å². The summed E-state index contributed by atoms with van der Waals surface area (Å²) in [5, 5.41) is 7.37. The highest BCUT2D eigenvalue weighted by molar-refractivity contribution is 5.94. The summed E-state index contributed by atoms with van der Waals surface area (Å²) in [6, 6.07) is 13.5. The van der Waals surface area contributed by atoms with Crippen molar-refractivity contribution < 1.29 is 9.53 Å². The Morgan fingerprint density at radius 1 is 1.11 bits per heavy atom. The molecule has 0 radical (unpaired) electrons. The van der Waals surface area contributed by atoms with Crippen molar-refractivity contribution in [1.29, 1.82) is 0 Å². The fraction of sp³-hybridized carbons (Fsp3) is 0.304. The van der Waals surface area contributed by atoms with E-state index in [2.05, 4.69) is 10.4 Å². The van der Waals surface area contributed by atoms with Gasteiger partial charge < -0.3 is 10.1 Å². The number of rotatable bonds is 6. The van der Waals surface area contributed by atoms with Gasteiger partial charge in [0, 0.05) is 24.4 Å². The van der Waals surface area contributed by atoms with Gasteiger partial charge in [-0.2, -0.15) is 5.10 Å². The summed E-state index contributed by atoms with van der Waals surface area (Å²) in [4.78, 5) is 12.6. The maximum Gasteiger partial charge on any atom is 0.251 e. The van der Waals surface area contributed by atoms with Crippen LogP contribution >= 0.6 is 0 Å². The van der Waals surface area contributed by atoms with Gasteiger partial charge in [0.1, 0.15) is 12.4 Å². The third-order valence-corrected chi connectivity index (χ3v) is 4.87.